The molecule has 0 spiro atoms. The summed E-state index contributed by atoms with van der Waals surface area (Å²) in [6.07, 6.45) is 3.12. The second kappa shape index (κ2) is 5.14. The summed E-state index contributed by atoms with van der Waals surface area (Å²) in [5.41, 5.74) is 0.0844. The smallest absolute Gasteiger partial charge is 0.276 e. The van der Waals surface area contributed by atoms with Crippen LogP contribution < -0.4 is 0 Å². The first kappa shape index (κ1) is 11.2. The minimum atomic E-state index is -0.282. The number of hydrogen-bond acceptors (Lipinski definition) is 3. The minimum Gasteiger partial charge on any atom is -0.505 e. The Morgan fingerprint density at radius 1 is 1.73 bits per heavy atom. The molecular weight excluding hydrogens is 192 g/mol. The summed E-state index contributed by atoms with van der Waals surface area (Å²) in [5, 5.41) is 9.46. The lowest BCUT2D eigenvalue weighted by atomic mass is 10.3. The van der Waals surface area contributed by atoms with Crippen molar-refractivity contribution < 1.29 is 9.90 Å². The van der Waals surface area contributed by atoms with Crippen LogP contribution in [0.5, 0.6) is 5.75 Å². The molecule has 0 saturated heterocycles. The first-order valence-electron chi connectivity index (χ1n) is 4.74. The molecule has 1 amide bonds. The van der Waals surface area contributed by atoms with Crippen molar-refractivity contribution in [1.82, 2.24) is 9.88 Å². The summed E-state index contributed by atoms with van der Waals surface area (Å²) < 4.78 is 0. The highest BCUT2D eigenvalue weighted by Crippen LogP contribution is 2.14. The number of pyridine rings is 1. The van der Waals surface area contributed by atoms with Gasteiger partial charge in [-0.05, 0) is 19.1 Å². The quantitative estimate of drug-likeness (QED) is 0.758. The van der Waals surface area contributed by atoms with E-state index in [0.29, 0.717) is 13.1 Å². The van der Waals surface area contributed by atoms with E-state index in [2.05, 4.69) is 11.6 Å². The lowest BCUT2D eigenvalue weighted by Crippen LogP contribution is -2.31. The molecule has 0 aliphatic carbocycles. The Morgan fingerprint density at radius 3 is 3.00 bits per heavy atom. The van der Waals surface area contributed by atoms with Crippen molar-refractivity contribution in [3.8, 4) is 5.75 Å². The first-order valence-corrected chi connectivity index (χ1v) is 4.74. The van der Waals surface area contributed by atoms with Crippen LogP contribution in [0.15, 0.2) is 31.0 Å². The van der Waals surface area contributed by atoms with Gasteiger partial charge in [0.15, 0.2) is 5.69 Å². The average molecular weight is 206 g/mol. The van der Waals surface area contributed by atoms with Crippen LogP contribution in [0, 0.1) is 0 Å². The molecule has 0 aliphatic heterocycles. The summed E-state index contributed by atoms with van der Waals surface area (Å²) in [6, 6.07) is 3.03. The van der Waals surface area contributed by atoms with E-state index >= 15 is 0 Å². The van der Waals surface area contributed by atoms with Crippen LogP contribution in [0.2, 0.25) is 0 Å². The number of nitrogens with zero attached hydrogens (tertiary/aromatic N) is 2. The number of carbonyl (C=O) groups excluding carboxylic acids is 1. The molecule has 0 aliphatic rings. The van der Waals surface area contributed by atoms with E-state index in [1.807, 2.05) is 6.92 Å². The molecule has 0 saturated carbocycles. The van der Waals surface area contributed by atoms with Crippen molar-refractivity contribution in [2.75, 3.05) is 13.1 Å². The van der Waals surface area contributed by atoms with E-state index in [1.165, 1.54) is 12.3 Å². The Labute approximate surface area is 88.9 Å². The molecule has 0 bridgehead atoms. The molecule has 0 atom stereocenters. The van der Waals surface area contributed by atoms with Gasteiger partial charge in [-0.1, -0.05) is 6.08 Å². The van der Waals surface area contributed by atoms with Gasteiger partial charge in [-0.25, -0.2) is 4.98 Å². The van der Waals surface area contributed by atoms with Crippen LogP contribution in [0.3, 0.4) is 0 Å². The Kier molecular flexibility index (Phi) is 3.85. The van der Waals surface area contributed by atoms with Gasteiger partial charge in [-0.15, -0.1) is 6.58 Å². The molecule has 1 rings (SSSR count). The third kappa shape index (κ3) is 2.56. The lowest BCUT2D eigenvalue weighted by Gasteiger charge is -2.18. The van der Waals surface area contributed by atoms with E-state index in [0.717, 1.165) is 0 Å². The van der Waals surface area contributed by atoms with Crippen molar-refractivity contribution in [3.63, 3.8) is 0 Å². The molecular formula is C11H14N2O2. The van der Waals surface area contributed by atoms with Gasteiger partial charge in [0.2, 0.25) is 0 Å². The molecule has 4 heteroatoms. The standard InChI is InChI=1S/C11H14N2O2/c1-3-8-13(4-2)11(15)10-9(14)6-5-7-12-10/h3,5-7,14H,1,4,8H2,2H3. The van der Waals surface area contributed by atoms with Crippen LogP contribution in [-0.2, 0) is 0 Å². The summed E-state index contributed by atoms with van der Waals surface area (Å²) in [4.78, 5) is 17.2. The Hall–Kier alpha value is -1.84. The van der Waals surface area contributed by atoms with Crippen LogP contribution in [-0.4, -0.2) is 34.0 Å². The van der Waals surface area contributed by atoms with E-state index in [9.17, 15) is 9.90 Å². The van der Waals surface area contributed by atoms with Crippen LogP contribution in [0.1, 0.15) is 17.4 Å². The molecule has 1 heterocycles. The van der Waals surface area contributed by atoms with Gasteiger partial charge in [-0.3, -0.25) is 4.79 Å². The second-order valence-electron chi connectivity index (χ2n) is 3.00. The lowest BCUT2D eigenvalue weighted by molar-refractivity contribution is 0.0773. The third-order valence-corrected chi connectivity index (χ3v) is 2.01. The van der Waals surface area contributed by atoms with Crippen molar-refractivity contribution in [2.45, 2.75) is 6.92 Å². The van der Waals surface area contributed by atoms with E-state index < -0.39 is 0 Å². The van der Waals surface area contributed by atoms with E-state index in [-0.39, 0.29) is 17.4 Å². The van der Waals surface area contributed by atoms with Crippen molar-refractivity contribution in [2.24, 2.45) is 0 Å². The fraction of sp³-hybridized carbons (Fsp3) is 0.273. The Bertz CT molecular complexity index is 363. The molecule has 0 fully saturated rings. The number of carbonyl (C=O) groups is 1. The van der Waals surface area contributed by atoms with Crippen LogP contribution in [0.25, 0.3) is 0 Å². The van der Waals surface area contributed by atoms with Gasteiger partial charge in [0.1, 0.15) is 5.75 Å². The van der Waals surface area contributed by atoms with Gasteiger partial charge < -0.3 is 10.0 Å². The molecule has 4 nitrogen and oxygen atoms in total. The largest absolute Gasteiger partial charge is 0.505 e. The van der Waals surface area contributed by atoms with Gasteiger partial charge >= 0.3 is 0 Å². The fourth-order valence-corrected chi connectivity index (χ4v) is 1.22. The van der Waals surface area contributed by atoms with Crippen LogP contribution >= 0.6 is 0 Å². The summed E-state index contributed by atoms with van der Waals surface area (Å²) in [5.74, 6) is -0.375. The Morgan fingerprint density at radius 2 is 2.47 bits per heavy atom. The molecule has 80 valence electrons. The maximum Gasteiger partial charge on any atom is 0.276 e. The normalized spacial score (nSPS) is 9.67. The van der Waals surface area contributed by atoms with Gasteiger partial charge in [0.05, 0.1) is 0 Å². The van der Waals surface area contributed by atoms with Crippen molar-refractivity contribution in [3.05, 3.63) is 36.7 Å². The highest BCUT2D eigenvalue weighted by molar-refractivity contribution is 5.94. The predicted molar refractivity (Wildman–Crippen MR) is 57.7 cm³/mol. The molecule has 1 N–H and O–H groups in total. The number of aromatic nitrogens is 1. The molecule has 1 aromatic rings. The third-order valence-electron chi connectivity index (χ3n) is 2.01. The SMILES string of the molecule is C=CCN(CC)C(=O)c1ncccc1O. The van der Waals surface area contributed by atoms with Gasteiger partial charge in [-0.2, -0.15) is 0 Å². The van der Waals surface area contributed by atoms with E-state index in [4.69, 9.17) is 0 Å². The van der Waals surface area contributed by atoms with Gasteiger partial charge in [0, 0.05) is 19.3 Å². The summed E-state index contributed by atoms with van der Waals surface area (Å²) in [7, 11) is 0. The zero-order valence-corrected chi connectivity index (χ0v) is 8.68. The van der Waals surface area contributed by atoms with Crippen molar-refractivity contribution in [1.29, 1.82) is 0 Å². The maximum absolute atomic E-state index is 11.8. The highest BCUT2D eigenvalue weighted by Gasteiger charge is 2.17. The Balaban J connectivity index is 2.92. The molecule has 1 aromatic heterocycles. The average Bonchev–Trinajstić information content (AvgIpc) is 2.25. The number of hydrogen-bond donors (Lipinski definition) is 1. The first-order chi connectivity index (χ1) is 7.20. The topological polar surface area (TPSA) is 53.4 Å². The summed E-state index contributed by atoms with van der Waals surface area (Å²) in [6.45, 7) is 6.44. The number of likely N-dealkylation sites (N-methyl/N-ethyl adjacent to an activating group) is 1. The second-order valence-corrected chi connectivity index (χ2v) is 3.00. The van der Waals surface area contributed by atoms with Crippen molar-refractivity contribution >= 4 is 5.91 Å². The zero-order valence-electron chi connectivity index (χ0n) is 8.68. The molecule has 15 heavy (non-hydrogen) atoms. The number of rotatable bonds is 4. The number of amides is 1. The highest BCUT2D eigenvalue weighted by atomic mass is 16.3. The summed E-state index contributed by atoms with van der Waals surface area (Å²) >= 11 is 0. The maximum atomic E-state index is 11.8. The molecule has 0 radical (unpaired) electrons. The molecule has 0 unspecified atom stereocenters. The zero-order chi connectivity index (χ0) is 11.3. The monoisotopic (exact) mass is 206 g/mol. The minimum absolute atomic E-state index is 0.0844. The van der Waals surface area contributed by atoms with Gasteiger partial charge in [0.25, 0.3) is 5.91 Å². The fourth-order valence-electron chi connectivity index (χ4n) is 1.22. The van der Waals surface area contributed by atoms with Crippen LogP contribution in [0.4, 0.5) is 0 Å². The predicted octanol–water partition coefficient (Wildman–Crippen LogP) is 1.44. The van der Waals surface area contributed by atoms with E-state index in [1.54, 1.807) is 17.0 Å². The number of aromatic hydroxyl groups is 1. The molecule has 0 aromatic carbocycles.